The zero-order chi connectivity index (χ0) is 9.14. The summed E-state index contributed by atoms with van der Waals surface area (Å²) in [7, 11) is 0. The van der Waals surface area contributed by atoms with Crippen molar-refractivity contribution in [3.05, 3.63) is 4.77 Å². The Hall–Kier alpha value is -0.880. The van der Waals surface area contributed by atoms with Gasteiger partial charge in [0.05, 0.1) is 0 Å². The molecule has 68 valence electrons. The largest absolute Gasteiger partial charge is 0.292 e. The van der Waals surface area contributed by atoms with Crippen molar-refractivity contribution in [2.24, 2.45) is 11.8 Å². The van der Waals surface area contributed by atoms with Gasteiger partial charge < -0.3 is 0 Å². The average molecular weight is 187 g/mol. The number of aromatic amines is 1. The number of nitrogen functional groups attached to an aromatic ring is 1. The molecule has 0 saturated heterocycles. The summed E-state index contributed by atoms with van der Waals surface area (Å²) in [6.45, 7) is 5.03. The van der Waals surface area contributed by atoms with Crippen LogP contribution in [0.25, 0.3) is 0 Å². The normalized spacial score (nSPS) is 10.7. The molecule has 0 saturated carbocycles. The lowest BCUT2D eigenvalue weighted by Gasteiger charge is -2.07. The molecular formula is C6H13N5S. The second kappa shape index (κ2) is 3.68. The van der Waals surface area contributed by atoms with E-state index in [0.29, 0.717) is 16.6 Å². The van der Waals surface area contributed by atoms with Crippen LogP contribution in [0.4, 0.5) is 5.95 Å². The van der Waals surface area contributed by atoms with Crippen LogP contribution in [0.3, 0.4) is 0 Å². The van der Waals surface area contributed by atoms with Gasteiger partial charge in [-0.1, -0.05) is 13.8 Å². The van der Waals surface area contributed by atoms with Crippen molar-refractivity contribution in [1.29, 1.82) is 0 Å². The smallest absolute Gasteiger partial charge is 0.237 e. The molecule has 0 aromatic carbocycles. The topological polar surface area (TPSA) is 71.7 Å². The van der Waals surface area contributed by atoms with Crippen LogP contribution in [0.1, 0.15) is 13.8 Å². The van der Waals surface area contributed by atoms with Crippen LogP contribution >= 0.6 is 12.2 Å². The molecule has 1 heterocycles. The SMILES string of the molecule is CC(C)Cn1c(NN)n[nH]c1=S. The maximum atomic E-state index is 5.24. The van der Waals surface area contributed by atoms with E-state index in [1.54, 1.807) is 0 Å². The Kier molecular flexibility index (Phi) is 2.83. The van der Waals surface area contributed by atoms with Crippen molar-refractivity contribution in [2.75, 3.05) is 5.43 Å². The van der Waals surface area contributed by atoms with Crippen molar-refractivity contribution >= 4 is 18.2 Å². The summed E-state index contributed by atoms with van der Waals surface area (Å²) >= 11 is 5.01. The molecule has 0 atom stereocenters. The van der Waals surface area contributed by atoms with Crippen LogP contribution in [0.2, 0.25) is 0 Å². The number of H-pyrrole nitrogens is 1. The molecule has 0 fully saturated rings. The molecule has 0 bridgehead atoms. The van der Waals surface area contributed by atoms with Gasteiger partial charge in [-0.2, -0.15) is 0 Å². The lowest BCUT2D eigenvalue weighted by Crippen LogP contribution is -2.15. The molecule has 5 nitrogen and oxygen atoms in total. The fourth-order valence-corrected chi connectivity index (χ4v) is 1.17. The Bertz CT molecular complexity index is 299. The molecule has 1 rings (SSSR count). The number of nitrogens with zero attached hydrogens (tertiary/aromatic N) is 2. The fraction of sp³-hybridized carbons (Fsp3) is 0.667. The van der Waals surface area contributed by atoms with Crippen molar-refractivity contribution in [1.82, 2.24) is 14.8 Å². The zero-order valence-corrected chi connectivity index (χ0v) is 7.98. The van der Waals surface area contributed by atoms with Gasteiger partial charge in [0.1, 0.15) is 0 Å². The van der Waals surface area contributed by atoms with Gasteiger partial charge in [-0.05, 0) is 18.1 Å². The Morgan fingerprint density at radius 2 is 2.42 bits per heavy atom. The highest BCUT2D eigenvalue weighted by atomic mass is 32.1. The lowest BCUT2D eigenvalue weighted by atomic mass is 10.2. The highest BCUT2D eigenvalue weighted by molar-refractivity contribution is 7.71. The summed E-state index contributed by atoms with van der Waals surface area (Å²) < 4.78 is 2.43. The van der Waals surface area contributed by atoms with Crippen LogP contribution in [-0.2, 0) is 6.54 Å². The number of aromatic nitrogens is 3. The van der Waals surface area contributed by atoms with Crippen LogP contribution in [0.15, 0.2) is 0 Å². The number of nitrogens with two attached hydrogens (primary N) is 1. The van der Waals surface area contributed by atoms with Crippen molar-refractivity contribution in [3.63, 3.8) is 0 Å². The Labute approximate surface area is 75.9 Å². The molecular weight excluding hydrogens is 174 g/mol. The van der Waals surface area contributed by atoms with E-state index in [1.165, 1.54) is 0 Å². The third-order valence-electron chi connectivity index (χ3n) is 1.44. The first kappa shape index (κ1) is 9.21. The molecule has 0 aliphatic carbocycles. The molecule has 4 N–H and O–H groups in total. The van der Waals surface area contributed by atoms with Crippen LogP contribution in [-0.4, -0.2) is 14.8 Å². The van der Waals surface area contributed by atoms with E-state index in [2.05, 4.69) is 29.5 Å². The zero-order valence-electron chi connectivity index (χ0n) is 7.16. The molecule has 0 aliphatic rings. The predicted molar refractivity (Wildman–Crippen MR) is 50.1 cm³/mol. The summed E-state index contributed by atoms with van der Waals surface area (Å²) in [6, 6.07) is 0. The van der Waals surface area contributed by atoms with Crippen LogP contribution in [0, 0.1) is 10.7 Å². The third kappa shape index (κ3) is 1.83. The number of hydrazine groups is 1. The van der Waals surface area contributed by atoms with Gasteiger partial charge in [0, 0.05) is 6.54 Å². The number of hydrogen-bond acceptors (Lipinski definition) is 4. The van der Waals surface area contributed by atoms with Gasteiger partial charge in [0.25, 0.3) is 0 Å². The van der Waals surface area contributed by atoms with Gasteiger partial charge in [0.15, 0.2) is 4.77 Å². The van der Waals surface area contributed by atoms with Crippen molar-refractivity contribution in [3.8, 4) is 0 Å². The number of anilines is 1. The summed E-state index contributed by atoms with van der Waals surface area (Å²) in [5.41, 5.74) is 2.48. The van der Waals surface area contributed by atoms with E-state index in [-0.39, 0.29) is 0 Å². The third-order valence-corrected chi connectivity index (χ3v) is 1.75. The average Bonchev–Trinajstić information content (AvgIpc) is 2.32. The molecule has 1 aromatic rings. The monoisotopic (exact) mass is 187 g/mol. The highest BCUT2D eigenvalue weighted by Gasteiger charge is 2.04. The first-order valence-corrected chi connectivity index (χ1v) is 4.17. The molecule has 0 aliphatic heterocycles. The molecule has 0 amide bonds. The van der Waals surface area contributed by atoms with Gasteiger partial charge in [-0.15, -0.1) is 5.10 Å². The lowest BCUT2D eigenvalue weighted by molar-refractivity contribution is 0.521. The molecule has 0 radical (unpaired) electrons. The highest BCUT2D eigenvalue weighted by Crippen LogP contribution is 2.06. The van der Waals surface area contributed by atoms with E-state index < -0.39 is 0 Å². The second-order valence-corrected chi connectivity index (χ2v) is 3.39. The van der Waals surface area contributed by atoms with Crippen LogP contribution < -0.4 is 11.3 Å². The number of rotatable bonds is 3. The molecule has 0 unspecified atom stereocenters. The van der Waals surface area contributed by atoms with E-state index in [4.69, 9.17) is 18.1 Å². The summed E-state index contributed by atoms with van der Waals surface area (Å²) in [6.07, 6.45) is 0. The minimum atomic E-state index is 0.515. The minimum absolute atomic E-state index is 0.515. The van der Waals surface area contributed by atoms with Crippen molar-refractivity contribution < 1.29 is 0 Å². The van der Waals surface area contributed by atoms with E-state index in [0.717, 1.165) is 6.54 Å². The van der Waals surface area contributed by atoms with Gasteiger partial charge in [0.2, 0.25) is 5.95 Å². The molecule has 6 heteroatoms. The second-order valence-electron chi connectivity index (χ2n) is 3.00. The summed E-state index contributed by atoms with van der Waals surface area (Å²) in [5.74, 6) is 6.33. The summed E-state index contributed by atoms with van der Waals surface area (Å²) in [5, 5.41) is 6.56. The number of nitrogens with one attached hydrogen (secondary N) is 2. The molecule has 1 aromatic heterocycles. The van der Waals surface area contributed by atoms with E-state index in [9.17, 15) is 0 Å². The molecule has 12 heavy (non-hydrogen) atoms. The number of hydrogen-bond donors (Lipinski definition) is 3. The Morgan fingerprint density at radius 1 is 1.75 bits per heavy atom. The Morgan fingerprint density at radius 3 is 2.92 bits per heavy atom. The predicted octanol–water partition coefficient (Wildman–Crippen LogP) is 0.882. The minimum Gasteiger partial charge on any atom is -0.292 e. The maximum absolute atomic E-state index is 5.24. The van der Waals surface area contributed by atoms with Crippen LogP contribution in [0.5, 0.6) is 0 Å². The van der Waals surface area contributed by atoms with E-state index >= 15 is 0 Å². The Balaban J connectivity index is 2.94. The fourth-order valence-electron chi connectivity index (χ4n) is 0.962. The van der Waals surface area contributed by atoms with Gasteiger partial charge in [-0.3, -0.25) is 9.99 Å². The summed E-state index contributed by atoms with van der Waals surface area (Å²) in [4.78, 5) is 0. The first-order chi connectivity index (χ1) is 5.65. The maximum Gasteiger partial charge on any atom is 0.237 e. The standard InChI is InChI=1S/C6H13N5S/c1-4(2)3-11-5(8-7)9-10-6(11)12/h4H,3,7H2,1-2H3,(H,8,9)(H,10,12). The first-order valence-electron chi connectivity index (χ1n) is 3.77. The quantitative estimate of drug-likeness (QED) is 0.373. The molecule has 0 spiro atoms. The van der Waals surface area contributed by atoms with Gasteiger partial charge in [-0.25, -0.2) is 10.9 Å². The van der Waals surface area contributed by atoms with Crippen molar-refractivity contribution in [2.45, 2.75) is 20.4 Å². The van der Waals surface area contributed by atoms with E-state index in [1.807, 2.05) is 4.57 Å². The van der Waals surface area contributed by atoms with Gasteiger partial charge >= 0.3 is 0 Å².